The van der Waals surface area contributed by atoms with Gasteiger partial charge in [-0.15, -0.1) is 0 Å². The number of carbonyl (C=O) groups is 2. The molecular formula is C29H28FN5O4. The predicted molar refractivity (Wildman–Crippen MR) is 146 cm³/mol. The Morgan fingerprint density at radius 1 is 1.00 bits per heavy atom. The quantitative estimate of drug-likeness (QED) is 0.308. The Hall–Kier alpha value is -4.57. The molecule has 1 atom stereocenters. The number of ether oxygens (including phenoxy) is 1. The molecule has 1 fully saturated rings. The summed E-state index contributed by atoms with van der Waals surface area (Å²) in [7, 11) is 1.60. The highest BCUT2D eigenvalue weighted by atomic mass is 19.1. The van der Waals surface area contributed by atoms with Gasteiger partial charge >= 0.3 is 12.1 Å². The van der Waals surface area contributed by atoms with Crippen LogP contribution in [0, 0.1) is 5.82 Å². The van der Waals surface area contributed by atoms with Crippen molar-refractivity contribution in [1.29, 1.82) is 0 Å². The molecule has 0 aliphatic carbocycles. The van der Waals surface area contributed by atoms with E-state index >= 15 is 0 Å². The summed E-state index contributed by atoms with van der Waals surface area (Å²) in [6, 6.07) is 19.2. The number of hydrogen-bond donors (Lipinski definition) is 4. The number of H-pyrrole nitrogens is 1. The number of urea groups is 2. The van der Waals surface area contributed by atoms with Crippen molar-refractivity contribution in [3.8, 4) is 5.75 Å². The first-order chi connectivity index (χ1) is 18.9. The molecule has 1 spiro atoms. The van der Waals surface area contributed by atoms with E-state index < -0.39 is 23.3 Å². The first kappa shape index (κ1) is 24.7. The lowest BCUT2D eigenvalue weighted by molar-refractivity contribution is 0.0374. The molecular weight excluding hydrogens is 501 g/mol. The molecule has 3 heterocycles. The van der Waals surface area contributed by atoms with Crippen LogP contribution < -0.4 is 15.4 Å². The van der Waals surface area contributed by atoms with E-state index in [4.69, 9.17) is 4.74 Å². The molecule has 3 aromatic carbocycles. The van der Waals surface area contributed by atoms with E-state index in [1.807, 2.05) is 48.5 Å². The van der Waals surface area contributed by atoms with Gasteiger partial charge in [-0.1, -0.05) is 18.2 Å². The normalized spacial score (nSPS) is 17.5. The zero-order valence-electron chi connectivity index (χ0n) is 21.3. The number of aromatic nitrogens is 1. The standard InChI is InChI=1S/C29H28FN5O4/c1-39-21-11-12-22-23(13-21)33-26-24(14-36)35(28(38)32-20-9-7-18(30)8-10-20)17-29(25(22)26)15-34(16-29)27(37)31-19-5-3-2-4-6-19/h2-13,24,33,36H,14-17H2,1H3,(H,31,37)(H,32,38)/t24-/m1/s1. The van der Waals surface area contributed by atoms with Crippen molar-refractivity contribution >= 4 is 34.3 Å². The van der Waals surface area contributed by atoms with E-state index in [1.165, 1.54) is 24.3 Å². The molecule has 0 bridgehead atoms. The first-order valence-electron chi connectivity index (χ1n) is 12.7. The average Bonchev–Trinajstić information content (AvgIpc) is 3.31. The third-order valence-electron chi connectivity index (χ3n) is 7.58. The van der Waals surface area contributed by atoms with Crippen LogP contribution in [0.3, 0.4) is 0 Å². The van der Waals surface area contributed by atoms with Gasteiger partial charge in [-0.05, 0) is 54.1 Å². The van der Waals surface area contributed by atoms with Gasteiger partial charge < -0.3 is 35.3 Å². The van der Waals surface area contributed by atoms with Gasteiger partial charge in [0.2, 0.25) is 0 Å². The summed E-state index contributed by atoms with van der Waals surface area (Å²) in [4.78, 5) is 33.3. The second-order valence-corrected chi connectivity index (χ2v) is 10.0. The number of aliphatic hydroxyl groups excluding tert-OH is 1. The van der Waals surface area contributed by atoms with Crippen molar-refractivity contribution in [2.75, 3.05) is 44.0 Å². The number of benzene rings is 3. The number of hydrogen-bond acceptors (Lipinski definition) is 4. The maximum absolute atomic E-state index is 13.5. The molecule has 4 N–H and O–H groups in total. The Kier molecular flexibility index (Phi) is 6.11. The number of carbonyl (C=O) groups excluding carboxylic acids is 2. The first-order valence-corrected chi connectivity index (χ1v) is 12.7. The lowest BCUT2D eigenvalue weighted by Gasteiger charge is -2.55. The second kappa shape index (κ2) is 9.63. The summed E-state index contributed by atoms with van der Waals surface area (Å²) >= 11 is 0. The Balaban J connectivity index is 1.35. The van der Waals surface area contributed by atoms with Crippen LogP contribution in [0.5, 0.6) is 5.75 Å². The molecule has 1 aromatic heterocycles. The molecule has 39 heavy (non-hydrogen) atoms. The molecule has 4 amide bonds. The number of fused-ring (bicyclic) bond motifs is 4. The second-order valence-electron chi connectivity index (χ2n) is 10.0. The van der Waals surface area contributed by atoms with Crippen molar-refractivity contribution in [3.05, 3.63) is 89.9 Å². The summed E-state index contributed by atoms with van der Waals surface area (Å²) < 4.78 is 18.8. The van der Waals surface area contributed by atoms with Gasteiger partial charge in [0.05, 0.1) is 25.2 Å². The molecule has 4 aromatic rings. The lowest BCUT2D eigenvalue weighted by atomic mass is 9.69. The molecule has 200 valence electrons. The van der Waals surface area contributed by atoms with Crippen molar-refractivity contribution in [1.82, 2.24) is 14.8 Å². The van der Waals surface area contributed by atoms with Crippen LogP contribution in [0.15, 0.2) is 72.8 Å². The number of nitrogens with one attached hydrogen (secondary N) is 3. The molecule has 10 heteroatoms. The average molecular weight is 530 g/mol. The predicted octanol–water partition coefficient (Wildman–Crippen LogP) is 4.68. The van der Waals surface area contributed by atoms with E-state index in [-0.39, 0.29) is 19.2 Å². The number of aliphatic hydroxyl groups is 1. The Morgan fingerprint density at radius 2 is 1.69 bits per heavy atom. The van der Waals surface area contributed by atoms with Crippen molar-refractivity contribution < 1.29 is 23.8 Å². The number of anilines is 2. The maximum Gasteiger partial charge on any atom is 0.322 e. The Morgan fingerprint density at radius 3 is 2.38 bits per heavy atom. The zero-order valence-corrected chi connectivity index (χ0v) is 21.3. The van der Waals surface area contributed by atoms with Gasteiger partial charge in [-0.3, -0.25) is 0 Å². The largest absolute Gasteiger partial charge is 0.497 e. The third-order valence-corrected chi connectivity index (χ3v) is 7.58. The van der Waals surface area contributed by atoms with Gasteiger partial charge in [0.15, 0.2) is 0 Å². The lowest BCUT2D eigenvalue weighted by Crippen LogP contribution is -2.68. The number of para-hydroxylation sites is 1. The number of halogens is 1. The Bertz CT molecular complexity index is 1530. The number of nitrogens with zero attached hydrogens (tertiary/aromatic N) is 2. The number of aromatic amines is 1. The molecule has 2 aliphatic rings. The molecule has 0 unspecified atom stereocenters. The molecule has 1 saturated heterocycles. The van der Waals surface area contributed by atoms with E-state index in [1.54, 1.807) is 16.9 Å². The van der Waals surface area contributed by atoms with Gasteiger partial charge in [-0.2, -0.15) is 0 Å². The van der Waals surface area contributed by atoms with E-state index in [2.05, 4.69) is 15.6 Å². The SMILES string of the molecule is COc1ccc2c3c([nH]c2c1)[C@@H](CO)N(C(=O)Nc1ccc(F)cc1)CC31CN(C(=O)Nc2ccccc2)C1. The molecule has 2 aliphatic heterocycles. The third kappa shape index (κ3) is 4.32. The fourth-order valence-electron chi connectivity index (χ4n) is 5.76. The minimum atomic E-state index is -0.642. The summed E-state index contributed by atoms with van der Waals surface area (Å²) in [5.41, 5.74) is 3.13. The summed E-state index contributed by atoms with van der Waals surface area (Å²) in [5, 5.41) is 17.2. The minimum absolute atomic E-state index is 0.221. The van der Waals surface area contributed by atoms with E-state index in [0.717, 1.165) is 22.2 Å². The number of amides is 4. The summed E-state index contributed by atoms with van der Waals surface area (Å²) in [6.07, 6.45) is 0. The van der Waals surface area contributed by atoms with Crippen LogP contribution in [-0.4, -0.2) is 65.3 Å². The van der Waals surface area contributed by atoms with E-state index in [0.29, 0.717) is 30.2 Å². The smallest absolute Gasteiger partial charge is 0.322 e. The van der Waals surface area contributed by atoms with Crippen molar-refractivity contribution in [2.45, 2.75) is 11.5 Å². The van der Waals surface area contributed by atoms with Crippen LogP contribution in [0.25, 0.3) is 10.9 Å². The maximum atomic E-state index is 13.5. The van der Waals surface area contributed by atoms with E-state index in [9.17, 15) is 19.1 Å². The highest BCUT2D eigenvalue weighted by molar-refractivity contribution is 5.94. The molecule has 6 rings (SSSR count). The topological polar surface area (TPSA) is 110 Å². The van der Waals surface area contributed by atoms with Crippen LogP contribution in [0.2, 0.25) is 0 Å². The number of likely N-dealkylation sites (tertiary alicyclic amines) is 1. The van der Waals surface area contributed by atoms with Crippen LogP contribution in [-0.2, 0) is 5.41 Å². The van der Waals surface area contributed by atoms with Crippen LogP contribution in [0.1, 0.15) is 17.3 Å². The Labute approximate surface area is 224 Å². The van der Waals surface area contributed by atoms with Gasteiger partial charge in [-0.25, -0.2) is 14.0 Å². The number of rotatable bonds is 4. The number of methoxy groups -OCH3 is 1. The van der Waals surface area contributed by atoms with Crippen molar-refractivity contribution in [3.63, 3.8) is 0 Å². The molecule has 9 nitrogen and oxygen atoms in total. The highest BCUT2D eigenvalue weighted by Crippen LogP contribution is 2.48. The highest BCUT2D eigenvalue weighted by Gasteiger charge is 2.55. The minimum Gasteiger partial charge on any atom is -0.497 e. The fourth-order valence-corrected chi connectivity index (χ4v) is 5.76. The monoisotopic (exact) mass is 529 g/mol. The molecule has 0 radical (unpaired) electrons. The van der Waals surface area contributed by atoms with Crippen LogP contribution >= 0.6 is 0 Å². The molecule has 0 saturated carbocycles. The van der Waals surface area contributed by atoms with Gasteiger partial charge in [0.1, 0.15) is 11.6 Å². The van der Waals surface area contributed by atoms with Gasteiger partial charge in [0.25, 0.3) is 0 Å². The van der Waals surface area contributed by atoms with Crippen LogP contribution in [0.4, 0.5) is 25.4 Å². The van der Waals surface area contributed by atoms with Crippen molar-refractivity contribution in [2.24, 2.45) is 0 Å². The fraction of sp³-hybridized carbons (Fsp3) is 0.241. The summed E-state index contributed by atoms with van der Waals surface area (Å²) in [6.45, 7) is 0.751. The summed E-state index contributed by atoms with van der Waals surface area (Å²) in [5.74, 6) is 0.277. The van der Waals surface area contributed by atoms with Gasteiger partial charge in [0, 0.05) is 53.7 Å². The zero-order chi connectivity index (χ0) is 27.1.